The van der Waals surface area contributed by atoms with Crippen molar-refractivity contribution in [3.8, 4) is 0 Å². The summed E-state index contributed by atoms with van der Waals surface area (Å²) in [6.07, 6.45) is 13.3. The highest BCUT2D eigenvalue weighted by molar-refractivity contribution is 4.95. The minimum Gasteiger partial charge on any atom is -0.362 e. The number of nitrogens with one attached hydrogen (secondary N) is 1. The molecule has 2 aliphatic rings. The third-order valence-electron chi connectivity index (χ3n) is 3.68. The monoisotopic (exact) mass is 208 g/mol. The van der Waals surface area contributed by atoms with Gasteiger partial charge in [0.25, 0.3) is 0 Å². The van der Waals surface area contributed by atoms with Crippen molar-refractivity contribution in [1.82, 2.24) is 10.2 Å². The smallest absolute Gasteiger partial charge is 0.0818 e. The molecule has 86 valence electrons. The predicted octanol–water partition coefficient (Wildman–Crippen LogP) is 2.72. The van der Waals surface area contributed by atoms with Crippen molar-refractivity contribution in [3.63, 3.8) is 0 Å². The lowest BCUT2D eigenvalue weighted by atomic mass is 9.93. The highest BCUT2D eigenvalue weighted by Crippen LogP contribution is 2.26. The van der Waals surface area contributed by atoms with Crippen LogP contribution in [0.5, 0.6) is 0 Å². The summed E-state index contributed by atoms with van der Waals surface area (Å²) in [4.78, 5) is 2.52. The molecule has 0 radical (unpaired) electrons. The number of rotatable bonds is 3. The van der Waals surface area contributed by atoms with Gasteiger partial charge in [-0.2, -0.15) is 0 Å². The van der Waals surface area contributed by atoms with Crippen molar-refractivity contribution in [1.29, 1.82) is 0 Å². The van der Waals surface area contributed by atoms with E-state index in [1.807, 2.05) is 0 Å². The van der Waals surface area contributed by atoms with Crippen molar-refractivity contribution >= 4 is 0 Å². The van der Waals surface area contributed by atoms with Crippen LogP contribution in [0.2, 0.25) is 0 Å². The van der Waals surface area contributed by atoms with Gasteiger partial charge in [-0.3, -0.25) is 5.32 Å². The fourth-order valence-corrected chi connectivity index (χ4v) is 2.82. The van der Waals surface area contributed by atoms with Gasteiger partial charge in [0.05, 0.1) is 6.17 Å². The first kappa shape index (κ1) is 11.0. The van der Waals surface area contributed by atoms with Crippen molar-refractivity contribution in [2.75, 3.05) is 13.1 Å². The lowest BCUT2D eigenvalue weighted by Gasteiger charge is -2.39. The molecule has 2 atom stereocenters. The molecular formula is C13H24N2. The van der Waals surface area contributed by atoms with Gasteiger partial charge in [-0.15, -0.1) is 0 Å². The first-order valence-electron chi connectivity index (χ1n) is 6.57. The first-order chi connectivity index (χ1) is 7.42. The normalized spacial score (nSPS) is 31.1. The van der Waals surface area contributed by atoms with E-state index in [9.17, 15) is 0 Å². The Morgan fingerprint density at radius 2 is 2.40 bits per heavy atom. The van der Waals surface area contributed by atoms with E-state index in [1.54, 1.807) is 0 Å². The number of nitrogens with zero attached hydrogens (tertiary/aromatic N) is 1. The predicted molar refractivity (Wildman–Crippen MR) is 64.5 cm³/mol. The number of unbranched alkanes of at least 4 members (excludes halogenated alkanes) is 1. The Morgan fingerprint density at radius 1 is 1.47 bits per heavy atom. The van der Waals surface area contributed by atoms with E-state index < -0.39 is 0 Å². The molecule has 0 aromatic heterocycles. The van der Waals surface area contributed by atoms with Crippen LogP contribution < -0.4 is 5.32 Å². The SMILES string of the molecule is CCCCC1CCC=CN2CCCNC12. The van der Waals surface area contributed by atoms with Crippen molar-refractivity contribution < 1.29 is 0 Å². The molecule has 0 saturated carbocycles. The van der Waals surface area contributed by atoms with Crippen molar-refractivity contribution in [2.24, 2.45) is 5.92 Å². The van der Waals surface area contributed by atoms with Gasteiger partial charge < -0.3 is 4.90 Å². The van der Waals surface area contributed by atoms with E-state index in [1.165, 1.54) is 51.6 Å². The lowest BCUT2D eigenvalue weighted by Crippen LogP contribution is -2.52. The largest absolute Gasteiger partial charge is 0.362 e. The minimum absolute atomic E-state index is 0.629. The molecule has 2 rings (SSSR count). The van der Waals surface area contributed by atoms with Crippen LogP contribution in [0.3, 0.4) is 0 Å². The Bertz CT molecular complexity index is 213. The molecule has 2 heteroatoms. The number of allylic oxidation sites excluding steroid dienone is 1. The summed E-state index contributed by atoms with van der Waals surface area (Å²) in [6, 6.07) is 0. The third kappa shape index (κ3) is 2.75. The Kier molecular flexibility index (Phi) is 4.07. The average Bonchev–Trinajstić information content (AvgIpc) is 2.49. The van der Waals surface area contributed by atoms with E-state index >= 15 is 0 Å². The van der Waals surface area contributed by atoms with E-state index in [4.69, 9.17) is 0 Å². The second-order valence-electron chi connectivity index (χ2n) is 4.85. The van der Waals surface area contributed by atoms with E-state index in [-0.39, 0.29) is 0 Å². The molecular weight excluding hydrogens is 184 g/mol. The molecule has 1 N–H and O–H groups in total. The third-order valence-corrected chi connectivity index (χ3v) is 3.68. The van der Waals surface area contributed by atoms with Crippen LogP contribution in [-0.2, 0) is 0 Å². The zero-order valence-electron chi connectivity index (χ0n) is 9.91. The Morgan fingerprint density at radius 3 is 3.27 bits per heavy atom. The highest BCUT2D eigenvalue weighted by atomic mass is 15.3. The molecule has 0 aliphatic carbocycles. The molecule has 1 saturated heterocycles. The molecule has 0 amide bonds. The summed E-state index contributed by atoms with van der Waals surface area (Å²) in [5, 5.41) is 3.69. The fraction of sp³-hybridized carbons (Fsp3) is 0.846. The molecule has 0 spiro atoms. The summed E-state index contributed by atoms with van der Waals surface area (Å²) in [7, 11) is 0. The topological polar surface area (TPSA) is 15.3 Å². The molecule has 2 nitrogen and oxygen atoms in total. The van der Waals surface area contributed by atoms with Crippen LogP contribution >= 0.6 is 0 Å². The molecule has 2 aliphatic heterocycles. The first-order valence-corrected chi connectivity index (χ1v) is 6.57. The van der Waals surface area contributed by atoms with Gasteiger partial charge in [-0.25, -0.2) is 0 Å². The Balaban J connectivity index is 1.97. The summed E-state index contributed by atoms with van der Waals surface area (Å²) >= 11 is 0. The molecule has 0 aromatic rings. The van der Waals surface area contributed by atoms with Crippen LogP contribution in [0.25, 0.3) is 0 Å². The quantitative estimate of drug-likeness (QED) is 0.767. The van der Waals surface area contributed by atoms with Gasteiger partial charge in [0.1, 0.15) is 0 Å². The number of hydrogen-bond donors (Lipinski definition) is 1. The zero-order chi connectivity index (χ0) is 10.5. The van der Waals surface area contributed by atoms with Gasteiger partial charge in [0.2, 0.25) is 0 Å². The zero-order valence-corrected chi connectivity index (χ0v) is 9.91. The van der Waals surface area contributed by atoms with Gasteiger partial charge in [-0.1, -0.05) is 25.8 Å². The van der Waals surface area contributed by atoms with E-state index in [2.05, 4.69) is 29.4 Å². The number of fused-ring (bicyclic) bond motifs is 1. The summed E-state index contributed by atoms with van der Waals surface area (Å²) in [6.45, 7) is 4.75. The van der Waals surface area contributed by atoms with Crippen LogP contribution in [0.15, 0.2) is 12.3 Å². The van der Waals surface area contributed by atoms with Crippen molar-refractivity contribution in [2.45, 2.75) is 51.6 Å². The Hall–Kier alpha value is -0.500. The fourth-order valence-electron chi connectivity index (χ4n) is 2.82. The molecule has 0 bridgehead atoms. The van der Waals surface area contributed by atoms with Crippen LogP contribution in [0.4, 0.5) is 0 Å². The van der Waals surface area contributed by atoms with Crippen LogP contribution in [0, 0.1) is 5.92 Å². The van der Waals surface area contributed by atoms with E-state index in [0.29, 0.717) is 6.17 Å². The molecule has 2 unspecified atom stereocenters. The van der Waals surface area contributed by atoms with Crippen molar-refractivity contribution in [3.05, 3.63) is 12.3 Å². The minimum atomic E-state index is 0.629. The number of hydrogen-bond acceptors (Lipinski definition) is 2. The summed E-state index contributed by atoms with van der Waals surface area (Å²) in [5.74, 6) is 0.861. The van der Waals surface area contributed by atoms with Gasteiger partial charge in [0.15, 0.2) is 0 Å². The summed E-state index contributed by atoms with van der Waals surface area (Å²) in [5.41, 5.74) is 0. The standard InChI is InChI=1S/C13H24N2/c1-2-3-7-12-8-4-5-10-15-11-6-9-14-13(12)15/h5,10,12-14H,2-4,6-9,11H2,1H3. The van der Waals surface area contributed by atoms with Crippen LogP contribution in [0.1, 0.15) is 45.4 Å². The molecule has 0 aromatic carbocycles. The molecule has 1 fully saturated rings. The average molecular weight is 208 g/mol. The van der Waals surface area contributed by atoms with Crippen LogP contribution in [-0.4, -0.2) is 24.2 Å². The summed E-state index contributed by atoms with van der Waals surface area (Å²) < 4.78 is 0. The van der Waals surface area contributed by atoms with Gasteiger partial charge in [0, 0.05) is 6.54 Å². The maximum atomic E-state index is 3.69. The van der Waals surface area contributed by atoms with Gasteiger partial charge >= 0.3 is 0 Å². The second-order valence-corrected chi connectivity index (χ2v) is 4.85. The maximum Gasteiger partial charge on any atom is 0.0818 e. The maximum absolute atomic E-state index is 3.69. The highest BCUT2D eigenvalue weighted by Gasteiger charge is 2.28. The molecule has 2 heterocycles. The van der Waals surface area contributed by atoms with E-state index in [0.717, 1.165) is 5.92 Å². The molecule has 15 heavy (non-hydrogen) atoms. The second kappa shape index (κ2) is 5.55. The van der Waals surface area contributed by atoms with Gasteiger partial charge in [-0.05, 0) is 44.3 Å². The lowest BCUT2D eigenvalue weighted by molar-refractivity contribution is 0.124. The Labute approximate surface area is 93.7 Å².